The Labute approximate surface area is 266 Å². The molecule has 1 aromatic carbocycles. The zero-order valence-electron chi connectivity index (χ0n) is 28.3. The SMILES string of the molecule is COc1cc(/C=C/C(=O)O[C@H]2CC[C@@]3(C)C(=CC[C@H]4[C@@H]5CC[C@H]([C@H](C)CCCC(C)C)[C@@]5(C)CC[C@@H]43)C2)ccc1OC(C)=O. The van der Waals surface area contributed by atoms with Crippen molar-refractivity contribution in [2.24, 2.45) is 46.3 Å². The van der Waals surface area contributed by atoms with Gasteiger partial charge in [0.05, 0.1) is 7.11 Å². The fourth-order valence-corrected chi connectivity index (χ4v) is 10.1. The van der Waals surface area contributed by atoms with Crippen molar-refractivity contribution in [2.75, 3.05) is 7.11 Å². The maximum absolute atomic E-state index is 12.8. The van der Waals surface area contributed by atoms with Crippen LogP contribution in [0.1, 0.15) is 118 Å². The van der Waals surface area contributed by atoms with Crippen molar-refractivity contribution in [3.63, 3.8) is 0 Å². The molecule has 0 N–H and O–H groups in total. The number of rotatable bonds is 10. The fraction of sp³-hybridized carbons (Fsp3) is 0.692. The Kier molecular flexibility index (Phi) is 10.0. The Morgan fingerprint density at radius 1 is 1.00 bits per heavy atom. The van der Waals surface area contributed by atoms with Gasteiger partial charge >= 0.3 is 11.9 Å². The van der Waals surface area contributed by atoms with Gasteiger partial charge in [0, 0.05) is 19.4 Å². The highest BCUT2D eigenvalue weighted by atomic mass is 16.6. The summed E-state index contributed by atoms with van der Waals surface area (Å²) in [6.07, 6.45) is 19.5. The first kappa shape index (κ1) is 32.8. The van der Waals surface area contributed by atoms with E-state index in [2.05, 4.69) is 40.7 Å². The first-order chi connectivity index (χ1) is 20.9. The van der Waals surface area contributed by atoms with Crippen molar-refractivity contribution < 1.29 is 23.8 Å². The van der Waals surface area contributed by atoms with Crippen LogP contribution in [0.2, 0.25) is 0 Å². The minimum atomic E-state index is -0.408. The number of ether oxygens (including phenoxy) is 3. The zero-order chi connectivity index (χ0) is 31.6. The third-order valence-electron chi connectivity index (χ3n) is 12.4. The van der Waals surface area contributed by atoms with Crippen LogP contribution < -0.4 is 9.47 Å². The lowest BCUT2D eigenvalue weighted by Crippen LogP contribution is -2.51. The summed E-state index contributed by atoms with van der Waals surface area (Å²) in [5.74, 6) is 5.04. The van der Waals surface area contributed by atoms with Gasteiger partial charge in [-0.1, -0.05) is 71.6 Å². The fourth-order valence-electron chi connectivity index (χ4n) is 10.1. The van der Waals surface area contributed by atoms with Crippen molar-refractivity contribution in [2.45, 2.75) is 118 Å². The lowest BCUT2D eigenvalue weighted by molar-refractivity contribution is -0.145. The van der Waals surface area contributed by atoms with Gasteiger partial charge in [0.1, 0.15) is 6.10 Å². The molecule has 44 heavy (non-hydrogen) atoms. The van der Waals surface area contributed by atoms with Gasteiger partial charge in [-0.25, -0.2) is 4.79 Å². The first-order valence-corrected chi connectivity index (χ1v) is 17.4. The molecule has 0 radical (unpaired) electrons. The molecule has 5 heteroatoms. The van der Waals surface area contributed by atoms with Gasteiger partial charge in [-0.15, -0.1) is 0 Å². The summed E-state index contributed by atoms with van der Waals surface area (Å²) >= 11 is 0. The third-order valence-corrected chi connectivity index (χ3v) is 12.4. The van der Waals surface area contributed by atoms with Crippen LogP contribution in [0.4, 0.5) is 0 Å². The van der Waals surface area contributed by atoms with E-state index in [9.17, 15) is 9.59 Å². The minimum absolute atomic E-state index is 0.0692. The standard InChI is InChI=1S/C39H56O5/c1-25(2)9-8-10-26(3)32-15-16-33-31-14-13-29-24-30(19-21-38(29,5)34(31)20-22-39(32,33)6)44-37(41)18-12-28-11-17-35(43-27(4)40)36(23-28)42-7/h11-13,17-18,23,25-26,30-34H,8-10,14-16,19-22,24H2,1-7H3/b18-12+/t26-,30+,31+,32-,33+,34+,38+,39-/m1/s1. The molecular weight excluding hydrogens is 548 g/mol. The first-order valence-electron chi connectivity index (χ1n) is 17.4. The van der Waals surface area contributed by atoms with Crippen molar-refractivity contribution in [1.82, 2.24) is 0 Å². The lowest BCUT2D eigenvalue weighted by Gasteiger charge is -2.58. The van der Waals surface area contributed by atoms with E-state index in [1.54, 1.807) is 24.3 Å². The topological polar surface area (TPSA) is 61.8 Å². The second kappa shape index (κ2) is 13.4. The van der Waals surface area contributed by atoms with Crippen molar-refractivity contribution >= 4 is 18.0 Å². The number of carbonyl (C=O) groups is 2. The average Bonchev–Trinajstić information content (AvgIpc) is 3.33. The number of methoxy groups -OCH3 is 1. The molecule has 5 nitrogen and oxygen atoms in total. The van der Waals surface area contributed by atoms with E-state index in [1.165, 1.54) is 77.0 Å². The molecule has 0 aromatic heterocycles. The molecular formula is C39H56O5. The quantitative estimate of drug-likeness (QED) is 0.115. The highest BCUT2D eigenvalue weighted by Gasteiger charge is 2.59. The molecule has 4 aliphatic carbocycles. The zero-order valence-corrected chi connectivity index (χ0v) is 28.3. The Hall–Kier alpha value is -2.56. The molecule has 0 bridgehead atoms. The number of allylic oxidation sites excluding steroid dienone is 1. The van der Waals surface area contributed by atoms with E-state index in [0.29, 0.717) is 16.9 Å². The van der Waals surface area contributed by atoms with Crippen LogP contribution in [0.25, 0.3) is 6.08 Å². The van der Waals surface area contributed by atoms with Gasteiger partial charge in [-0.3, -0.25) is 4.79 Å². The molecule has 0 heterocycles. The van der Waals surface area contributed by atoms with Gasteiger partial charge in [-0.2, -0.15) is 0 Å². The highest BCUT2D eigenvalue weighted by molar-refractivity contribution is 5.87. The van der Waals surface area contributed by atoms with E-state index < -0.39 is 5.97 Å². The third kappa shape index (κ3) is 6.67. The van der Waals surface area contributed by atoms with E-state index >= 15 is 0 Å². The largest absolute Gasteiger partial charge is 0.493 e. The number of carbonyl (C=O) groups excluding carboxylic acids is 2. The van der Waals surface area contributed by atoms with Gasteiger partial charge < -0.3 is 14.2 Å². The number of esters is 2. The van der Waals surface area contributed by atoms with Crippen molar-refractivity contribution in [3.05, 3.63) is 41.5 Å². The molecule has 242 valence electrons. The summed E-state index contributed by atoms with van der Waals surface area (Å²) in [5.41, 5.74) is 3.06. The molecule has 3 fully saturated rings. The number of fused-ring (bicyclic) bond motifs is 5. The molecule has 5 rings (SSSR count). The van der Waals surface area contributed by atoms with E-state index in [1.807, 2.05) is 0 Å². The maximum Gasteiger partial charge on any atom is 0.331 e. The number of hydrogen-bond donors (Lipinski definition) is 0. The minimum Gasteiger partial charge on any atom is -0.493 e. The van der Waals surface area contributed by atoms with Crippen molar-refractivity contribution in [3.8, 4) is 11.5 Å². The average molecular weight is 605 g/mol. The normalized spacial score (nSPS) is 33.6. The van der Waals surface area contributed by atoms with Crippen molar-refractivity contribution in [1.29, 1.82) is 0 Å². The molecule has 0 aliphatic heterocycles. The molecule has 0 saturated heterocycles. The van der Waals surface area contributed by atoms with E-state index in [-0.39, 0.29) is 17.5 Å². The highest BCUT2D eigenvalue weighted by Crippen LogP contribution is 2.67. The summed E-state index contributed by atoms with van der Waals surface area (Å²) in [6, 6.07) is 5.20. The van der Waals surface area contributed by atoms with Gasteiger partial charge in [0.2, 0.25) is 0 Å². The summed E-state index contributed by atoms with van der Waals surface area (Å²) in [5, 5.41) is 0. The Bertz CT molecular complexity index is 1260. The second-order valence-electron chi connectivity index (χ2n) is 15.4. The molecule has 0 spiro atoms. The predicted octanol–water partition coefficient (Wildman–Crippen LogP) is 9.59. The summed E-state index contributed by atoms with van der Waals surface area (Å²) in [4.78, 5) is 24.2. The predicted molar refractivity (Wildman–Crippen MR) is 176 cm³/mol. The number of hydrogen-bond acceptors (Lipinski definition) is 5. The number of benzene rings is 1. The lowest BCUT2D eigenvalue weighted by atomic mass is 9.47. The van der Waals surface area contributed by atoms with E-state index in [4.69, 9.17) is 14.2 Å². The van der Waals surface area contributed by atoms with Gasteiger partial charge in [0.15, 0.2) is 11.5 Å². The molecule has 1 aromatic rings. The molecule has 3 saturated carbocycles. The summed E-state index contributed by atoms with van der Waals surface area (Å²) in [7, 11) is 1.52. The van der Waals surface area contributed by atoms with Crippen LogP contribution in [-0.2, 0) is 14.3 Å². The van der Waals surface area contributed by atoms with Crippen LogP contribution in [0.15, 0.2) is 35.9 Å². The summed E-state index contributed by atoms with van der Waals surface area (Å²) < 4.78 is 16.5. The van der Waals surface area contributed by atoms with Gasteiger partial charge in [0.25, 0.3) is 0 Å². The monoisotopic (exact) mass is 604 g/mol. The molecule has 0 amide bonds. The molecule has 4 aliphatic rings. The van der Waals surface area contributed by atoms with Crippen LogP contribution >= 0.6 is 0 Å². The van der Waals surface area contributed by atoms with E-state index in [0.717, 1.165) is 60.3 Å². The van der Waals surface area contributed by atoms with Crippen LogP contribution in [0.3, 0.4) is 0 Å². The van der Waals surface area contributed by atoms with Crippen LogP contribution in [0.5, 0.6) is 11.5 Å². The molecule has 0 unspecified atom stereocenters. The maximum atomic E-state index is 12.8. The Morgan fingerprint density at radius 2 is 1.80 bits per heavy atom. The molecule has 8 atom stereocenters. The Morgan fingerprint density at radius 3 is 2.52 bits per heavy atom. The van der Waals surface area contributed by atoms with Crippen LogP contribution in [-0.4, -0.2) is 25.2 Å². The summed E-state index contributed by atoms with van der Waals surface area (Å²) in [6.45, 7) is 13.8. The van der Waals surface area contributed by atoms with Crippen LogP contribution in [0, 0.1) is 46.3 Å². The Balaban J connectivity index is 1.19. The second-order valence-corrected chi connectivity index (χ2v) is 15.4. The smallest absolute Gasteiger partial charge is 0.331 e. The van der Waals surface area contributed by atoms with Gasteiger partial charge in [-0.05, 0) is 115 Å².